The number of nitrogens with zero attached hydrogens (tertiary/aromatic N) is 4. The van der Waals surface area contributed by atoms with Gasteiger partial charge in [-0.05, 0) is 17.7 Å². The molecule has 0 aromatic heterocycles. The molecular formula is C12H8N4O. The van der Waals surface area contributed by atoms with Gasteiger partial charge < -0.3 is 0 Å². The molecule has 0 aliphatic rings. The van der Waals surface area contributed by atoms with Crippen LogP contribution in [0.1, 0.15) is 22.3 Å². The number of hydrogen-bond donors (Lipinski definition) is 0. The summed E-state index contributed by atoms with van der Waals surface area (Å²) in [6.07, 6.45) is -0.123. The second-order valence-electron chi connectivity index (χ2n) is 3.03. The van der Waals surface area contributed by atoms with Crippen LogP contribution in [0.2, 0.25) is 0 Å². The number of carbonyl (C=O) groups is 1. The molecule has 5 nitrogen and oxygen atoms in total. The predicted octanol–water partition coefficient (Wildman–Crippen LogP) is 2.44. The summed E-state index contributed by atoms with van der Waals surface area (Å²) in [4.78, 5) is 13.9. The van der Waals surface area contributed by atoms with Gasteiger partial charge in [0.2, 0.25) is 0 Å². The average Bonchev–Trinajstić information content (AvgIpc) is 2.36. The SMILES string of the molecule is N#CCC(=O)c1ccc(C#CCN=[N+]=[N-])cc1. The highest BCUT2D eigenvalue weighted by Gasteiger charge is 2.03. The molecule has 1 aromatic rings. The van der Waals surface area contributed by atoms with Crippen LogP contribution in [0, 0.1) is 23.2 Å². The fraction of sp³-hybridized carbons (Fsp3) is 0.167. The van der Waals surface area contributed by atoms with Crippen LogP contribution in [0.4, 0.5) is 0 Å². The summed E-state index contributed by atoms with van der Waals surface area (Å²) < 4.78 is 0. The summed E-state index contributed by atoms with van der Waals surface area (Å²) in [5, 5.41) is 11.7. The third-order valence-electron chi connectivity index (χ3n) is 1.89. The Morgan fingerprint density at radius 1 is 1.41 bits per heavy atom. The second-order valence-corrected chi connectivity index (χ2v) is 3.03. The molecule has 0 saturated carbocycles. The predicted molar refractivity (Wildman–Crippen MR) is 61.9 cm³/mol. The highest BCUT2D eigenvalue weighted by atomic mass is 16.1. The first-order chi connectivity index (χ1) is 8.27. The number of rotatable bonds is 3. The Bertz CT molecular complexity index is 551. The van der Waals surface area contributed by atoms with Gasteiger partial charge in [0.05, 0.1) is 19.0 Å². The standard InChI is InChI=1S/C12H8N4O/c13-8-7-12(17)11-5-3-10(4-6-11)2-1-9-15-16-14/h3-6H,7,9H2. The number of carbonyl (C=O) groups excluding carboxylic acids is 1. The molecule has 0 saturated heterocycles. The van der Waals surface area contributed by atoms with E-state index in [1.54, 1.807) is 30.3 Å². The number of ketones is 1. The summed E-state index contributed by atoms with van der Waals surface area (Å²) in [5.74, 6) is 5.25. The van der Waals surface area contributed by atoms with Crippen molar-refractivity contribution in [2.45, 2.75) is 6.42 Å². The van der Waals surface area contributed by atoms with Crippen LogP contribution < -0.4 is 0 Å². The van der Waals surface area contributed by atoms with Crippen molar-refractivity contribution >= 4 is 5.78 Å². The molecule has 0 spiro atoms. The molecule has 0 atom stereocenters. The topological polar surface area (TPSA) is 89.6 Å². The Morgan fingerprint density at radius 3 is 2.71 bits per heavy atom. The van der Waals surface area contributed by atoms with Gasteiger partial charge in [-0.1, -0.05) is 29.1 Å². The molecule has 82 valence electrons. The van der Waals surface area contributed by atoms with Gasteiger partial charge in [-0.3, -0.25) is 4.79 Å². The van der Waals surface area contributed by atoms with Crippen molar-refractivity contribution < 1.29 is 4.79 Å². The Hall–Kier alpha value is -2.75. The maximum atomic E-state index is 11.3. The minimum atomic E-state index is -0.207. The largest absolute Gasteiger partial charge is 0.293 e. The monoisotopic (exact) mass is 224 g/mol. The molecule has 0 radical (unpaired) electrons. The molecular weight excluding hydrogens is 216 g/mol. The van der Waals surface area contributed by atoms with E-state index in [1.165, 1.54) is 0 Å². The number of benzene rings is 1. The van der Waals surface area contributed by atoms with Crippen molar-refractivity contribution in [2.75, 3.05) is 6.54 Å². The molecule has 0 N–H and O–H groups in total. The fourth-order valence-corrected chi connectivity index (χ4v) is 1.12. The average molecular weight is 224 g/mol. The van der Waals surface area contributed by atoms with Gasteiger partial charge in [0.15, 0.2) is 5.78 Å². The molecule has 0 unspecified atom stereocenters. The molecule has 0 aliphatic carbocycles. The first-order valence-electron chi connectivity index (χ1n) is 4.78. The van der Waals surface area contributed by atoms with E-state index < -0.39 is 0 Å². The van der Waals surface area contributed by atoms with Crippen molar-refractivity contribution in [3.05, 3.63) is 45.8 Å². The molecule has 1 rings (SSSR count). The van der Waals surface area contributed by atoms with Crippen LogP contribution in [0.5, 0.6) is 0 Å². The van der Waals surface area contributed by atoms with Crippen LogP contribution in [0.15, 0.2) is 29.4 Å². The van der Waals surface area contributed by atoms with E-state index >= 15 is 0 Å². The first-order valence-corrected chi connectivity index (χ1v) is 4.78. The lowest BCUT2D eigenvalue weighted by Crippen LogP contribution is -1.96. The van der Waals surface area contributed by atoms with E-state index in [9.17, 15) is 4.79 Å². The van der Waals surface area contributed by atoms with Gasteiger partial charge in [0.1, 0.15) is 0 Å². The summed E-state index contributed by atoms with van der Waals surface area (Å²) in [6.45, 7) is 0.117. The van der Waals surface area contributed by atoms with E-state index in [4.69, 9.17) is 10.8 Å². The molecule has 0 amide bonds. The van der Waals surface area contributed by atoms with E-state index in [0.717, 1.165) is 5.56 Å². The van der Waals surface area contributed by atoms with Gasteiger partial charge in [0, 0.05) is 16.0 Å². The van der Waals surface area contributed by atoms with Crippen LogP contribution in [0.25, 0.3) is 10.4 Å². The summed E-state index contributed by atoms with van der Waals surface area (Å²) >= 11 is 0. The van der Waals surface area contributed by atoms with Gasteiger partial charge in [-0.2, -0.15) is 5.26 Å². The van der Waals surface area contributed by atoms with Crippen molar-refractivity contribution in [2.24, 2.45) is 5.11 Å². The van der Waals surface area contributed by atoms with Crippen LogP contribution in [0.3, 0.4) is 0 Å². The highest BCUT2D eigenvalue weighted by molar-refractivity contribution is 5.97. The molecule has 0 bridgehead atoms. The summed E-state index contributed by atoms with van der Waals surface area (Å²) in [5.41, 5.74) is 9.26. The normalized spacial score (nSPS) is 8.18. The smallest absolute Gasteiger partial charge is 0.176 e. The molecule has 0 heterocycles. The van der Waals surface area contributed by atoms with Crippen LogP contribution in [-0.2, 0) is 0 Å². The van der Waals surface area contributed by atoms with Gasteiger partial charge in [-0.15, -0.1) is 0 Å². The molecule has 17 heavy (non-hydrogen) atoms. The molecule has 1 aromatic carbocycles. The number of nitriles is 1. The quantitative estimate of drug-likeness (QED) is 0.259. The lowest BCUT2D eigenvalue weighted by atomic mass is 10.1. The van der Waals surface area contributed by atoms with Gasteiger partial charge >= 0.3 is 0 Å². The highest BCUT2D eigenvalue weighted by Crippen LogP contribution is 2.05. The third-order valence-corrected chi connectivity index (χ3v) is 1.89. The molecule has 5 heteroatoms. The Morgan fingerprint density at radius 2 is 2.12 bits per heavy atom. The Labute approximate surface area is 98.3 Å². The van der Waals surface area contributed by atoms with E-state index in [0.29, 0.717) is 5.56 Å². The zero-order chi connectivity index (χ0) is 12.5. The zero-order valence-corrected chi connectivity index (χ0v) is 8.92. The van der Waals surface area contributed by atoms with Gasteiger partial charge in [0.25, 0.3) is 0 Å². The Balaban J connectivity index is 2.74. The zero-order valence-electron chi connectivity index (χ0n) is 8.92. The lowest BCUT2D eigenvalue weighted by Gasteiger charge is -1.96. The molecule has 0 fully saturated rings. The fourth-order valence-electron chi connectivity index (χ4n) is 1.12. The van der Waals surface area contributed by atoms with E-state index in [2.05, 4.69) is 21.9 Å². The summed E-state index contributed by atoms with van der Waals surface area (Å²) in [7, 11) is 0. The lowest BCUT2D eigenvalue weighted by molar-refractivity contribution is 0.0997. The van der Waals surface area contributed by atoms with Crippen molar-refractivity contribution in [3.8, 4) is 17.9 Å². The Kier molecular flexibility index (Phi) is 4.84. The third kappa shape index (κ3) is 4.09. The van der Waals surface area contributed by atoms with Gasteiger partial charge in [-0.25, -0.2) is 0 Å². The first kappa shape index (κ1) is 12.3. The van der Waals surface area contributed by atoms with Crippen molar-refractivity contribution in [1.29, 1.82) is 5.26 Å². The number of hydrogen-bond acceptors (Lipinski definition) is 3. The minimum absolute atomic E-state index is 0.117. The van der Waals surface area contributed by atoms with E-state index in [1.807, 2.05) is 0 Å². The second kappa shape index (κ2) is 6.68. The molecule has 0 aliphatic heterocycles. The minimum Gasteiger partial charge on any atom is -0.293 e. The van der Waals surface area contributed by atoms with E-state index in [-0.39, 0.29) is 18.7 Å². The van der Waals surface area contributed by atoms with Crippen molar-refractivity contribution in [3.63, 3.8) is 0 Å². The maximum Gasteiger partial charge on any atom is 0.176 e. The van der Waals surface area contributed by atoms with Crippen LogP contribution >= 0.6 is 0 Å². The van der Waals surface area contributed by atoms with Crippen LogP contribution in [-0.4, -0.2) is 12.3 Å². The number of Topliss-reactive ketones (excluding diaryl/α,β-unsaturated/α-hetero) is 1. The number of azide groups is 1. The summed E-state index contributed by atoms with van der Waals surface area (Å²) in [6, 6.07) is 8.43. The maximum absolute atomic E-state index is 11.3. The van der Waals surface area contributed by atoms with Crippen molar-refractivity contribution in [1.82, 2.24) is 0 Å².